The van der Waals surface area contributed by atoms with E-state index < -0.39 is 0 Å². The topological polar surface area (TPSA) is 74.7 Å². The molecule has 0 radical (unpaired) electrons. The number of aromatic nitrogens is 1. The normalized spacial score (nSPS) is 20.9. The predicted molar refractivity (Wildman–Crippen MR) is 58.2 cm³/mol. The van der Waals surface area contributed by atoms with Crippen molar-refractivity contribution in [1.29, 1.82) is 5.26 Å². The number of nitrogens with two attached hydrogens (primary N) is 1. The smallest absolute Gasteiger partial charge is 0.128 e. The second-order valence-electron chi connectivity index (χ2n) is 3.81. The minimum Gasteiger partial charge on any atom is -0.383 e. The van der Waals surface area contributed by atoms with Crippen LogP contribution in [0.3, 0.4) is 0 Å². The molecule has 1 aromatic rings. The van der Waals surface area contributed by atoms with Crippen LogP contribution >= 0.6 is 0 Å². The van der Waals surface area contributed by atoms with Crippen molar-refractivity contribution in [2.24, 2.45) is 0 Å². The molecule has 2 heterocycles. The third-order valence-corrected chi connectivity index (χ3v) is 2.85. The average Bonchev–Trinajstić information content (AvgIpc) is 2.29. The highest BCUT2D eigenvalue weighted by molar-refractivity contribution is 5.52. The van der Waals surface area contributed by atoms with Gasteiger partial charge < -0.3 is 11.1 Å². The summed E-state index contributed by atoms with van der Waals surface area (Å²) in [6.45, 7) is 1.95. The molecule has 1 aliphatic rings. The molecule has 1 fully saturated rings. The van der Waals surface area contributed by atoms with Crippen LogP contribution in [0.15, 0.2) is 12.3 Å². The number of hydrogen-bond donors (Lipinski definition) is 2. The Hall–Kier alpha value is -1.60. The van der Waals surface area contributed by atoms with Crippen LogP contribution in [-0.4, -0.2) is 18.1 Å². The highest BCUT2D eigenvalue weighted by atomic mass is 14.9. The van der Waals surface area contributed by atoms with Crippen molar-refractivity contribution < 1.29 is 0 Å². The standard InChI is InChI=1S/C11H14N4/c12-6-8-3-5-15-11(13)10(8)9-2-1-4-14-7-9/h3,5,9,14H,1-2,4,7H2,(H2,13,15). The van der Waals surface area contributed by atoms with Crippen LogP contribution in [0.25, 0.3) is 0 Å². The first kappa shape index (κ1) is 9.94. The lowest BCUT2D eigenvalue weighted by molar-refractivity contribution is 0.461. The molecule has 1 saturated heterocycles. The van der Waals surface area contributed by atoms with Gasteiger partial charge in [0.1, 0.15) is 5.82 Å². The summed E-state index contributed by atoms with van der Waals surface area (Å²) in [6.07, 6.45) is 3.80. The van der Waals surface area contributed by atoms with E-state index in [2.05, 4.69) is 16.4 Å². The zero-order chi connectivity index (χ0) is 10.7. The van der Waals surface area contributed by atoms with Crippen molar-refractivity contribution in [3.8, 4) is 6.07 Å². The minimum atomic E-state index is 0.335. The summed E-state index contributed by atoms with van der Waals surface area (Å²) in [5.41, 5.74) is 7.42. The number of anilines is 1. The van der Waals surface area contributed by atoms with Gasteiger partial charge in [-0.1, -0.05) is 0 Å². The number of hydrogen-bond acceptors (Lipinski definition) is 4. The van der Waals surface area contributed by atoms with Gasteiger partial charge >= 0.3 is 0 Å². The van der Waals surface area contributed by atoms with E-state index >= 15 is 0 Å². The van der Waals surface area contributed by atoms with Crippen LogP contribution in [0.1, 0.15) is 29.9 Å². The number of nitrogens with one attached hydrogen (secondary N) is 1. The van der Waals surface area contributed by atoms with Gasteiger partial charge in [0.05, 0.1) is 11.6 Å². The number of piperidine rings is 1. The van der Waals surface area contributed by atoms with Crippen LogP contribution in [0.5, 0.6) is 0 Å². The third kappa shape index (κ3) is 1.92. The third-order valence-electron chi connectivity index (χ3n) is 2.85. The zero-order valence-corrected chi connectivity index (χ0v) is 8.53. The summed E-state index contributed by atoms with van der Waals surface area (Å²) >= 11 is 0. The molecule has 1 atom stereocenters. The van der Waals surface area contributed by atoms with Crippen LogP contribution < -0.4 is 11.1 Å². The van der Waals surface area contributed by atoms with Crippen LogP contribution in [-0.2, 0) is 0 Å². The number of nitrogen functional groups attached to an aromatic ring is 1. The molecule has 0 spiro atoms. The van der Waals surface area contributed by atoms with Crippen molar-refractivity contribution in [1.82, 2.24) is 10.3 Å². The second-order valence-corrected chi connectivity index (χ2v) is 3.81. The first-order valence-corrected chi connectivity index (χ1v) is 5.18. The molecule has 0 amide bonds. The quantitative estimate of drug-likeness (QED) is 0.712. The molecule has 0 aliphatic carbocycles. The first-order valence-electron chi connectivity index (χ1n) is 5.18. The van der Waals surface area contributed by atoms with Gasteiger partial charge in [-0.05, 0) is 25.5 Å². The van der Waals surface area contributed by atoms with Gasteiger partial charge in [0.2, 0.25) is 0 Å². The molecular formula is C11H14N4. The maximum absolute atomic E-state index is 9.02. The lowest BCUT2D eigenvalue weighted by atomic mass is 9.89. The second kappa shape index (κ2) is 4.28. The van der Waals surface area contributed by atoms with Gasteiger partial charge in [0.15, 0.2) is 0 Å². The maximum Gasteiger partial charge on any atom is 0.128 e. The van der Waals surface area contributed by atoms with E-state index in [1.54, 1.807) is 12.3 Å². The van der Waals surface area contributed by atoms with E-state index in [0.29, 0.717) is 17.3 Å². The first-order chi connectivity index (χ1) is 7.33. The molecule has 3 N–H and O–H groups in total. The molecule has 0 aromatic carbocycles. The Labute approximate surface area is 89.1 Å². The monoisotopic (exact) mass is 202 g/mol. The Morgan fingerprint density at radius 1 is 1.60 bits per heavy atom. The molecule has 4 heteroatoms. The summed E-state index contributed by atoms with van der Waals surface area (Å²) in [6, 6.07) is 3.92. The fourth-order valence-electron chi connectivity index (χ4n) is 2.11. The van der Waals surface area contributed by atoms with Crippen LogP contribution in [0.4, 0.5) is 5.82 Å². The lowest BCUT2D eigenvalue weighted by Crippen LogP contribution is -2.29. The molecule has 0 saturated carbocycles. The van der Waals surface area contributed by atoms with E-state index in [9.17, 15) is 0 Å². The number of rotatable bonds is 1. The zero-order valence-electron chi connectivity index (χ0n) is 8.53. The molecule has 1 aliphatic heterocycles. The van der Waals surface area contributed by atoms with Gasteiger partial charge in [-0.2, -0.15) is 5.26 Å². The van der Waals surface area contributed by atoms with Crippen molar-refractivity contribution in [3.05, 3.63) is 23.4 Å². The number of pyridine rings is 1. The maximum atomic E-state index is 9.02. The van der Waals surface area contributed by atoms with Gasteiger partial charge in [-0.3, -0.25) is 0 Å². The Morgan fingerprint density at radius 2 is 2.47 bits per heavy atom. The Kier molecular flexibility index (Phi) is 2.84. The molecule has 15 heavy (non-hydrogen) atoms. The molecule has 2 rings (SSSR count). The van der Waals surface area contributed by atoms with E-state index in [0.717, 1.165) is 31.5 Å². The van der Waals surface area contributed by atoms with Gasteiger partial charge in [-0.25, -0.2) is 4.98 Å². The predicted octanol–water partition coefficient (Wildman–Crippen LogP) is 1.00. The number of nitrogens with zero attached hydrogens (tertiary/aromatic N) is 2. The van der Waals surface area contributed by atoms with E-state index in [1.807, 2.05) is 0 Å². The van der Waals surface area contributed by atoms with Crippen LogP contribution in [0.2, 0.25) is 0 Å². The summed E-state index contributed by atoms with van der Waals surface area (Å²) in [5.74, 6) is 0.838. The van der Waals surface area contributed by atoms with Crippen LogP contribution in [0, 0.1) is 11.3 Å². The Morgan fingerprint density at radius 3 is 3.13 bits per heavy atom. The van der Waals surface area contributed by atoms with Crippen molar-refractivity contribution in [2.75, 3.05) is 18.8 Å². The Bertz CT molecular complexity index is 388. The molecule has 4 nitrogen and oxygen atoms in total. The minimum absolute atomic E-state index is 0.335. The highest BCUT2D eigenvalue weighted by Gasteiger charge is 2.21. The molecule has 78 valence electrons. The van der Waals surface area contributed by atoms with Crippen molar-refractivity contribution in [2.45, 2.75) is 18.8 Å². The summed E-state index contributed by atoms with van der Waals surface area (Å²) in [7, 11) is 0. The summed E-state index contributed by atoms with van der Waals surface area (Å²) in [5, 5.41) is 12.3. The van der Waals surface area contributed by atoms with E-state index in [1.165, 1.54) is 0 Å². The molecule has 1 aromatic heterocycles. The van der Waals surface area contributed by atoms with Crippen molar-refractivity contribution >= 4 is 5.82 Å². The Balaban J connectivity index is 2.37. The lowest BCUT2D eigenvalue weighted by Gasteiger charge is -2.24. The highest BCUT2D eigenvalue weighted by Crippen LogP contribution is 2.29. The molecule has 1 unspecified atom stereocenters. The largest absolute Gasteiger partial charge is 0.383 e. The van der Waals surface area contributed by atoms with Crippen molar-refractivity contribution in [3.63, 3.8) is 0 Å². The average molecular weight is 202 g/mol. The summed E-state index contributed by atoms with van der Waals surface area (Å²) < 4.78 is 0. The van der Waals surface area contributed by atoms with E-state index in [4.69, 9.17) is 11.0 Å². The van der Waals surface area contributed by atoms with Gasteiger partial charge in [0.25, 0.3) is 0 Å². The summed E-state index contributed by atoms with van der Waals surface area (Å²) in [4.78, 5) is 4.06. The van der Waals surface area contributed by atoms with E-state index in [-0.39, 0.29) is 0 Å². The van der Waals surface area contributed by atoms with Gasteiger partial charge in [0, 0.05) is 24.2 Å². The fraction of sp³-hybridized carbons (Fsp3) is 0.455. The van der Waals surface area contributed by atoms with Gasteiger partial charge in [-0.15, -0.1) is 0 Å². The SMILES string of the molecule is N#Cc1ccnc(N)c1C1CCCNC1. The molecular weight excluding hydrogens is 188 g/mol. The fourth-order valence-corrected chi connectivity index (χ4v) is 2.11. The number of nitriles is 1. The molecule has 0 bridgehead atoms.